The van der Waals surface area contributed by atoms with Gasteiger partial charge >= 0.3 is 0 Å². The molecule has 0 fully saturated rings. The van der Waals surface area contributed by atoms with Crippen LogP contribution in [0, 0.1) is 0 Å². The van der Waals surface area contributed by atoms with Crippen molar-refractivity contribution in [2.75, 3.05) is 5.32 Å². The molecule has 6 nitrogen and oxygen atoms in total. The second kappa shape index (κ2) is 6.02. The van der Waals surface area contributed by atoms with Gasteiger partial charge in [0.1, 0.15) is 11.1 Å². The summed E-state index contributed by atoms with van der Waals surface area (Å²) < 4.78 is 1.72. The Kier molecular flexibility index (Phi) is 3.94. The molecule has 0 aromatic carbocycles. The van der Waals surface area contributed by atoms with E-state index < -0.39 is 6.10 Å². The number of nitrogens with zero attached hydrogens (tertiary/aromatic N) is 4. The number of hydrogen-bond acceptors (Lipinski definition) is 6. The van der Waals surface area contributed by atoms with Crippen LogP contribution in [0.15, 0.2) is 43.0 Å². The van der Waals surface area contributed by atoms with Crippen LogP contribution in [0.1, 0.15) is 22.9 Å². The van der Waals surface area contributed by atoms with Gasteiger partial charge in [0.15, 0.2) is 5.82 Å². The van der Waals surface area contributed by atoms with Crippen LogP contribution in [0.3, 0.4) is 0 Å². The fourth-order valence-electron chi connectivity index (χ4n) is 1.82. The molecule has 0 amide bonds. The molecule has 0 bridgehead atoms. The highest BCUT2D eigenvalue weighted by molar-refractivity contribution is 7.11. The van der Waals surface area contributed by atoms with Gasteiger partial charge in [0.2, 0.25) is 0 Å². The van der Waals surface area contributed by atoms with Gasteiger partial charge in [-0.15, -0.1) is 11.3 Å². The van der Waals surface area contributed by atoms with E-state index in [9.17, 15) is 5.11 Å². The van der Waals surface area contributed by atoms with Crippen LogP contribution < -0.4 is 5.32 Å². The van der Waals surface area contributed by atoms with Crippen LogP contribution in [-0.2, 0) is 6.54 Å². The maximum Gasteiger partial charge on any atom is 0.153 e. The topological polar surface area (TPSA) is 75.9 Å². The highest BCUT2D eigenvalue weighted by Gasteiger charge is 2.07. The van der Waals surface area contributed by atoms with Gasteiger partial charge in [-0.05, 0) is 19.1 Å². The standard InChI is InChI=1S/C14H15N5OS/c1-10(20)14-17-8-12(21-14)7-16-11-6-18-19(9-11)13-4-2-3-5-15-13/h2-6,8-10,16,20H,7H2,1H3. The van der Waals surface area contributed by atoms with Crippen molar-refractivity contribution < 1.29 is 5.11 Å². The maximum atomic E-state index is 9.46. The lowest BCUT2D eigenvalue weighted by atomic mass is 10.4. The molecule has 3 aromatic heterocycles. The minimum atomic E-state index is -0.518. The summed E-state index contributed by atoms with van der Waals surface area (Å²) >= 11 is 1.50. The summed E-state index contributed by atoms with van der Waals surface area (Å²) in [7, 11) is 0. The number of pyridine rings is 1. The minimum Gasteiger partial charge on any atom is -0.386 e. The van der Waals surface area contributed by atoms with E-state index in [4.69, 9.17) is 0 Å². The van der Waals surface area contributed by atoms with E-state index in [0.29, 0.717) is 6.54 Å². The van der Waals surface area contributed by atoms with Crippen LogP contribution in [0.4, 0.5) is 5.69 Å². The average Bonchev–Trinajstić information content (AvgIpc) is 3.15. The van der Waals surface area contributed by atoms with Gasteiger partial charge in [0.05, 0.1) is 24.6 Å². The molecule has 0 aliphatic rings. The molecule has 108 valence electrons. The normalized spacial score (nSPS) is 12.3. The lowest BCUT2D eigenvalue weighted by Gasteiger charge is -2.00. The van der Waals surface area contributed by atoms with Crippen LogP contribution in [0.2, 0.25) is 0 Å². The van der Waals surface area contributed by atoms with E-state index in [1.807, 2.05) is 24.4 Å². The van der Waals surface area contributed by atoms with E-state index in [-0.39, 0.29) is 0 Å². The van der Waals surface area contributed by atoms with Crippen LogP contribution in [0.25, 0.3) is 5.82 Å². The second-order valence-electron chi connectivity index (χ2n) is 4.56. The van der Waals surface area contributed by atoms with Crippen molar-refractivity contribution >= 4 is 17.0 Å². The van der Waals surface area contributed by atoms with Crippen molar-refractivity contribution in [1.29, 1.82) is 0 Å². The summed E-state index contributed by atoms with van der Waals surface area (Å²) in [5.41, 5.74) is 0.910. The van der Waals surface area contributed by atoms with E-state index in [2.05, 4.69) is 20.4 Å². The fourth-order valence-corrected chi connectivity index (χ4v) is 2.61. The number of nitrogens with one attached hydrogen (secondary N) is 1. The Balaban J connectivity index is 1.65. The quantitative estimate of drug-likeness (QED) is 0.757. The third-order valence-corrected chi connectivity index (χ3v) is 4.03. The van der Waals surface area contributed by atoms with Gasteiger partial charge in [-0.2, -0.15) is 5.10 Å². The number of hydrogen-bond donors (Lipinski definition) is 2. The van der Waals surface area contributed by atoms with Gasteiger partial charge < -0.3 is 10.4 Å². The predicted octanol–water partition coefficient (Wildman–Crippen LogP) is 2.39. The first-order valence-electron chi connectivity index (χ1n) is 6.55. The maximum absolute atomic E-state index is 9.46. The molecule has 0 saturated heterocycles. The zero-order chi connectivity index (χ0) is 14.7. The molecule has 7 heteroatoms. The number of aliphatic hydroxyl groups excluding tert-OH is 1. The summed E-state index contributed by atoms with van der Waals surface area (Å²) in [5, 5.41) is 17.7. The molecule has 0 aliphatic carbocycles. The molecule has 3 rings (SSSR count). The van der Waals surface area contributed by atoms with Gasteiger partial charge in [-0.1, -0.05) is 6.07 Å². The summed E-state index contributed by atoms with van der Waals surface area (Å²) in [6.45, 7) is 2.37. The van der Waals surface area contributed by atoms with E-state index in [1.54, 1.807) is 30.2 Å². The third-order valence-electron chi connectivity index (χ3n) is 2.86. The molecule has 0 spiro atoms. The summed E-state index contributed by atoms with van der Waals surface area (Å²) in [6, 6.07) is 5.69. The summed E-state index contributed by atoms with van der Waals surface area (Å²) in [4.78, 5) is 9.48. The minimum absolute atomic E-state index is 0.518. The molecule has 0 radical (unpaired) electrons. The highest BCUT2D eigenvalue weighted by Crippen LogP contribution is 2.20. The van der Waals surface area contributed by atoms with Crippen LogP contribution in [0.5, 0.6) is 0 Å². The fraction of sp³-hybridized carbons (Fsp3) is 0.214. The first-order chi connectivity index (χ1) is 10.2. The molecule has 1 atom stereocenters. The molecular formula is C14H15N5OS. The lowest BCUT2D eigenvalue weighted by molar-refractivity contribution is 0.199. The Morgan fingerprint density at radius 2 is 2.24 bits per heavy atom. The zero-order valence-corrected chi connectivity index (χ0v) is 12.3. The second-order valence-corrected chi connectivity index (χ2v) is 5.70. The average molecular weight is 301 g/mol. The summed E-state index contributed by atoms with van der Waals surface area (Å²) in [6.07, 6.45) is 6.64. The van der Waals surface area contributed by atoms with Gasteiger partial charge in [0.25, 0.3) is 0 Å². The Labute approximate surface area is 126 Å². The Morgan fingerprint density at radius 3 is 2.95 bits per heavy atom. The van der Waals surface area contributed by atoms with E-state index in [0.717, 1.165) is 21.4 Å². The summed E-state index contributed by atoms with van der Waals surface area (Å²) in [5.74, 6) is 0.778. The smallest absolute Gasteiger partial charge is 0.153 e. The third kappa shape index (κ3) is 3.26. The van der Waals surface area contributed by atoms with Crippen molar-refractivity contribution in [2.24, 2.45) is 0 Å². The molecule has 0 aliphatic heterocycles. The van der Waals surface area contributed by atoms with Crippen molar-refractivity contribution in [3.8, 4) is 5.82 Å². The van der Waals surface area contributed by atoms with Crippen LogP contribution in [-0.4, -0.2) is 24.9 Å². The van der Waals surface area contributed by atoms with E-state index in [1.165, 1.54) is 11.3 Å². The van der Waals surface area contributed by atoms with Crippen molar-refractivity contribution in [3.63, 3.8) is 0 Å². The Bertz CT molecular complexity index is 707. The van der Waals surface area contributed by atoms with Gasteiger partial charge in [0, 0.05) is 17.3 Å². The molecule has 0 saturated carbocycles. The van der Waals surface area contributed by atoms with Gasteiger partial charge in [-0.3, -0.25) is 0 Å². The highest BCUT2D eigenvalue weighted by atomic mass is 32.1. The number of anilines is 1. The largest absolute Gasteiger partial charge is 0.386 e. The molecule has 3 heterocycles. The van der Waals surface area contributed by atoms with E-state index >= 15 is 0 Å². The van der Waals surface area contributed by atoms with Crippen molar-refractivity contribution in [2.45, 2.75) is 19.6 Å². The first kappa shape index (κ1) is 13.7. The lowest BCUT2D eigenvalue weighted by Crippen LogP contribution is -1.97. The number of aliphatic hydroxyl groups is 1. The van der Waals surface area contributed by atoms with Crippen LogP contribution >= 0.6 is 11.3 Å². The molecule has 3 aromatic rings. The number of rotatable bonds is 5. The molecule has 21 heavy (non-hydrogen) atoms. The van der Waals surface area contributed by atoms with Gasteiger partial charge in [-0.25, -0.2) is 14.6 Å². The zero-order valence-electron chi connectivity index (χ0n) is 11.5. The van der Waals surface area contributed by atoms with Crippen molar-refractivity contribution in [1.82, 2.24) is 19.7 Å². The van der Waals surface area contributed by atoms with Crippen molar-refractivity contribution in [3.05, 3.63) is 52.9 Å². The molecule has 2 N–H and O–H groups in total. The Morgan fingerprint density at radius 1 is 1.33 bits per heavy atom. The predicted molar refractivity (Wildman–Crippen MR) is 81.4 cm³/mol. The molecular weight excluding hydrogens is 286 g/mol. The number of thiazole rings is 1. The monoisotopic (exact) mass is 301 g/mol. The first-order valence-corrected chi connectivity index (χ1v) is 7.36. The molecule has 1 unspecified atom stereocenters. The number of aromatic nitrogens is 4. The Hall–Kier alpha value is -2.25. The SMILES string of the molecule is CC(O)c1ncc(CNc2cnn(-c3ccccn3)c2)s1.